The Labute approximate surface area is 178 Å². The van der Waals surface area contributed by atoms with Gasteiger partial charge in [0, 0.05) is 12.6 Å². The number of unbranched alkanes of at least 4 members (excludes halogenated alkanes) is 1. The van der Waals surface area contributed by atoms with Crippen molar-refractivity contribution < 1.29 is 14.0 Å². The third-order valence-corrected chi connectivity index (χ3v) is 6.70. The number of nitrogens with zero attached hydrogens (tertiary/aromatic N) is 2. The van der Waals surface area contributed by atoms with Crippen LogP contribution in [0.1, 0.15) is 75.7 Å². The van der Waals surface area contributed by atoms with Crippen LogP contribution < -0.4 is 5.32 Å². The largest absolute Gasteiger partial charge is 0.463 e. The molecule has 30 heavy (non-hydrogen) atoms. The summed E-state index contributed by atoms with van der Waals surface area (Å²) in [6, 6.07) is 7.70. The summed E-state index contributed by atoms with van der Waals surface area (Å²) in [5, 5.41) is 3.30. The Morgan fingerprint density at radius 1 is 1.17 bits per heavy atom. The van der Waals surface area contributed by atoms with Gasteiger partial charge in [0.05, 0.1) is 18.5 Å². The van der Waals surface area contributed by atoms with Gasteiger partial charge < -0.3 is 19.2 Å². The minimum absolute atomic E-state index is 0.0383. The summed E-state index contributed by atoms with van der Waals surface area (Å²) >= 11 is 0. The molecule has 1 saturated carbocycles. The number of amides is 2. The number of fused-ring (bicyclic) bond motifs is 1. The molecule has 6 nitrogen and oxygen atoms in total. The molecule has 1 aliphatic carbocycles. The Morgan fingerprint density at radius 3 is 2.57 bits per heavy atom. The van der Waals surface area contributed by atoms with Gasteiger partial charge in [0.2, 0.25) is 5.91 Å². The van der Waals surface area contributed by atoms with Crippen LogP contribution in [0.2, 0.25) is 0 Å². The van der Waals surface area contributed by atoms with Crippen LogP contribution in [0.15, 0.2) is 34.9 Å². The highest BCUT2D eigenvalue weighted by Crippen LogP contribution is 2.34. The molecule has 6 heteroatoms. The molecule has 2 aliphatic rings. The molecule has 2 aromatic heterocycles. The molecule has 1 N–H and O–H groups in total. The monoisotopic (exact) mass is 411 g/mol. The quantitative estimate of drug-likeness (QED) is 0.706. The summed E-state index contributed by atoms with van der Waals surface area (Å²) in [5.41, 5.74) is 0.538. The van der Waals surface area contributed by atoms with Crippen LogP contribution in [0, 0.1) is 0 Å². The topological polar surface area (TPSA) is 67.5 Å². The molecule has 0 radical (unpaired) electrons. The molecular weight excluding hydrogens is 378 g/mol. The molecule has 0 bridgehead atoms. The second-order valence-electron chi connectivity index (χ2n) is 8.91. The van der Waals surface area contributed by atoms with Crippen molar-refractivity contribution in [2.75, 3.05) is 6.54 Å². The maximum absolute atomic E-state index is 13.6. The minimum Gasteiger partial charge on any atom is -0.463 e. The molecule has 0 saturated heterocycles. The molecule has 1 aliphatic heterocycles. The lowest BCUT2D eigenvalue weighted by atomic mass is 9.93. The van der Waals surface area contributed by atoms with Crippen LogP contribution in [0.25, 0.3) is 11.5 Å². The molecule has 2 aromatic rings. The van der Waals surface area contributed by atoms with Gasteiger partial charge in [-0.05, 0) is 50.5 Å². The second-order valence-corrected chi connectivity index (χ2v) is 8.91. The van der Waals surface area contributed by atoms with E-state index in [0.717, 1.165) is 44.2 Å². The van der Waals surface area contributed by atoms with Crippen LogP contribution in [-0.4, -0.2) is 39.4 Å². The van der Waals surface area contributed by atoms with Crippen LogP contribution in [0.3, 0.4) is 0 Å². The number of aromatic nitrogens is 1. The maximum atomic E-state index is 13.6. The number of nitrogens with one attached hydrogen (secondary N) is 1. The summed E-state index contributed by atoms with van der Waals surface area (Å²) in [6.45, 7) is 5.04. The first-order valence-corrected chi connectivity index (χ1v) is 11.4. The van der Waals surface area contributed by atoms with Crippen molar-refractivity contribution in [2.24, 2.45) is 0 Å². The van der Waals surface area contributed by atoms with E-state index in [1.54, 1.807) is 11.2 Å². The third kappa shape index (κ3) is 3.80. The zero-order valence-electron chi connectivity index (χ0n) is 18.2. The van der Waals surface area contributed by atoms with Gasteiger partial charge in [0.15, 0.2) is 0 Å². The smallest absolute Gasteiger partial charge is 0.271 e. The van der Waals surface area contributed by atoms with Crippen molar-refractivity contribution in [3.63, 3.8) is 0 Å². The van der Waals surface area contributed by atoms with Crippen LogP contribution >= 0.6 is 0 Å². The molecule has 1 atom stereocenters. The summed E-state index contributed by atoms with van der Waals surface area (Å²) in [6.07, 6.45) is 10.3. The zero-order chi connectivity index (χ0) is 21.1. The second kappa shape index (κ2) is 8.70. The van der Waals surface area contributed by atoms with Gasteiger partial charge in [0.1, 0.15) is 17.0 Å². The van der Waals surface area contributed by atoms with E-state index in [2.05, 4.69) is 12.2 Å². The minimum atomic E-state index is -0.925. The lowest BCUT2D eigenvalue weighted by Gasteiger charge is -2.45. The fourth-order valence-corrected chi connectivity index (χ4v) is 4.84. The first kappa shape index (κ1) is 20.8. The van der Waals surface area contributed by atoms with Crippen LogP contribution in [-0.2, 0) is 11.3 Å². The number of rotatable bonds is 6. The number of furan rings is 1. The van der Waals surface area contributed by atoms with Crippen molar-refractivity contribution >= 4 is 11.8 Å². The van der Waals surface area contributed by atoms with Gasteiger partial charge in [-0.2, -0.15) is 0 Å². The van der Waals surface area contributed by atoms with E-state index < -0.39 is 5.54 Å². The molecule has 162 valence electrons. The Hall–Kier alpha value is -2.50. The summed E-state index contributed by atoms with van der Waals surface area (Å²) in [4.78, 5) is 28.9. The molecule has 0 aromatic carbocycles. The molecule has 1 fully saturated rings. The van der Waals surface area contributed by atoms with Gasteiger partial charge in [-0.25, -0.2) is 0 Å². The lowest BCUT2D eigenvalue weighted by molar-refractivity contribution is -0.133. The normalized spacial score (nSPS) is 22.6. The van der Waals surface area contributed by atoms with Crippen molar-refractivity contribution in [1.82, 2.24) is 14.8 Å². The number of carbonyl (C=O) groups excluding carboxylic acids is 2. The first-order valence-electron chi connectivity index (χ1n) is 11.4. The fourth-order valence-electron chi connectivity index (χ4n) is 4.84. The highest BCUT2D eigenvalue weighted by atomic mass is 16.3. The standard InChI is InChI=1S/C24H33N3O3/c1-3-4-15-27-22(28)20-14-13-19(21-12-9-16-30-21)26(20)17-24(27,2)23(29)25-18-10-7-5-6-8-11-18/h9,12-14,16,18H,3-8,10-11,15,17H2,1-2H3,(H,25,29)/t24-/m0/s1. The Balaban J connectivity index is 1.66. The van der Waals surface area contributed by atoms with Crippen molar-refractivity contribution in [3.8, 4) is 11.5 Å². The Bertz CT molecular complexity index is 878. The number of hydrogen-bond donors (Lipinski definition) is 1. The predicted octanol–water partition coefficient (Wildman–Crippen LogP) is 4.60. The highest BCUT2D eigenvalue weighted by molar-refractivity contribution is 6.00. The van der Waals surface area contributed by atoms with E-state index in [1.165, 1.54) is 12.8 Å². The average Bonchev–Trinajstić information content (AvgIpc) is 3.33. The van der Waals surface area contributed by atoms with E-state index in [1.807, 2.05) is 35.8 Å². The highest BCUT2D eigenvalue weighted by Gasteiger charge is 2.48. The van der Waals surface area contributed by atoms with E-state index >= 15 is 0 Å². The van der Waals surface area contributed by atoms with Gasteiger partial charge in [-0.3, -0.25) is 9.59 Å². The summed E-state index contributed by atoms with van der Waals surface area (Å²) in [5.74, 6) is 0.595. The van der Waals surface area contributed by atoms with Gasteiger partial charge in [-0.1, -0.05) is 39.0 Å². The Morgan fingerprint density at radius 2 is 1.90 bits per heavy atom. The summed E-state index contributed by atoms with van der Waals surface area (Å²) < 4.78 is 7.54. The molecule has 2 amide bonds. The molecule has 4 rings (SSSR count). The SMILES string of the molecule is CCCCN1C(=O)c2ccc(-c3ccco3)n2C[C@@]1(C)C(=O)NC1CCCCCC1. The fraction of sp³-hybridized carbons (Fsp3) is 0.583. The summed E-state index contributed by atoms with van der Waals surface area (Å²) in [7, 11) is 0. The molecule has 0 spiro atoms. The van der Waals surface area contributed by atoms with Gasteiger partial charge in [0.25, 0.3) is 5.91 Å². The number of carbonyl (C=O) groups is 2. The van der Waals surface area contributed by atoms with Crippen molar-refractivity contribution in [1.29, 1.82) is 0 Å². The first-order chi connectivity index (χ1) is 14.5. The van der Waals surface area contributed by atoms with Crippen molar-refractivity contribution in [2.45, 2.75) is 83.3 Å². The van der Waals surface area contributed by atoms with E-state index in [-0.39, 0.29) is 17.9 Å². The molecular formula is C24H33N3O3. The van der Waals surface area contributed by atoms with Crippen LogP contribution in [0.4, 0.5) is 0 Å². The average molecular weight is 412 g/mol. The zero-order valence-corrected chi connectivity index (χ0v) is 18.2. The van der Waals surface area contributed by atoms with E-state index in [4.69, 9.17) is 4.42 Å². The predicted molar refractivity (Wildman–Crippen MR) is 116 cm³/mol. The number of hydrogen-bond acceptors (Lipinski definition) is 3. The van der Waals surface area contributed by atoms with E-state index in [0.29, 0.717) is 24.5 Å². The molecule has 3 heterocycles. The third-order valence-electron chi connectivity index (χ3n) is 6.70. The van der Waals surface area contributed by atoms with Gasteiger partial charge >= 0.3 is 0 Å². The molecule has 0 unspecified atom stereocenters. The van der Waals surface area contributed by atoms with Gasteiger partial charge in [-0.15, -0.1) is 0 Å². The van der Waals surface area contributed by atoms with Crippen molar-refractivity contribution in [3.05, 3.63) is 36.2 Å². The van der Waals surface area contributed by atoms with E-state index in [9.17, 15) is 9.59 Å². The Kier molecular flexibility index (Phi) is 6.02. The lowest BCUT2D eigenvalue weighted by Crippen LogP contribution is -2.65. The van der Waals surface area contributed by atoms with Crippen LogP contribution in [0.5, 0.6) is 0 Å². The maximum Gasteiger partial charge on any atom is 0.271 e.